The molecule has 0 saturated carbocycles. The van der Waals surface area contributed by atoms with Crippen molar-refractivity contribution in [2.75, 3.05) is 78.0 Å². The van der Waals surface area contributed by atoms with E-state index in [-0.39, 0.29) is 108 Å². The van der Waals surface area contributed by atoms with E-state index in [2.05, 4.69) is 76.4 Å². The minimum atomic E-state index is -2.30. The normalized spacial score (nSPS) is 15.9. The van der Waals surface area contributed by atoms with Gasteiger partial charge in [0, 0.05) is 38.1 Å². The zero-order valence-electron chi connectivity index (χ0n) is 81.9. The lowest BCUT2D eigenvalue weighted by molar-refractivity contribution is -0.143. The Morgan fingerprint density at radius 2 is 0.705 bits per heavy atom. The Morgan fingerprint density at radius 1 is 0.383 bits per heavy atom. The number of benzene rings is 1. The summed E-state index contributed by atoms with van der Waals surface area (Å²) >= 11 is 3.78. The minimum absolute atomic E-state index is 0.00598. The first kappa shape index (κ1) is 131. The summed E-state index contributed by atoms with van der Waals surface area (Å²) in [6, 6.07) is -28.0. The Labute approximate surface area is 857 Å². The number of carboxylic acid groups (broad SMARTS) is 5. The predicted octanol–water partition coefficient (Wildman–Crippen LogP) is -16.7. The number of carboxylic acids is 5. The molecule has 0 bridgehead atoms. The van der Waals surface area contributed by atoms with Crippen molar-refractivity contribution in [3.05, 3.63) is 29.8 Å². The predicted molar refractivity (Wildman–Crippen MR) is 516 cm³/mol. The van der Waals surface area contributed by atoms with Crippen LogP contribution in [0, 0.1) is 5.41 Å². The van der Waals surface area contributed by atoms with Gasteiger partial charge in [0.15, 0.2) is 5.96 Å². The standard InChI is InChI=1S/C86H140N26O36S/c1-40(90)68(130)98-46(13-5-8-26-88)72(134)100-48(21-23-62(122)123)74(136)99-47(15-10-28-93-86(91)92)73(135)102-50(14-6-9-27-89)84(146)112-29-11-16-59(112)81(143)108-57(38-116)80(142)110-67(42(3)118)83(145)111-66(41(2)117)82(144)109-56(37-115)79(141)106-54(35-113)70(132)95-33-60(120)96-45(12-4-7-25-87)71(133)103-51(30-43-17-19-44(119)20-18-43)76(138)101-49(22-24-63(124)125)75(137)105-53(32-65(128)129)77(139)107-55(36-114)78(140)104-52(31-64(126)127)69(131)94-34-61(121)97-58(39-149)85(147)148/h17-20,40-42,45-59,66-67,113-119,149H,4-16,21-39,87-90H2,1-3H3,(H,94,131)(H,95,132)(H,96,120)(H,97,121)(H,98,130)(H,99,136)(H,100,134)(H,101,138)(H,102,135)(H,103,133)(H,104,140)(H,105,137)(H,106,141)(H,107,139)(H,108,143)(H,109,144)(H,110,142)(H,111,145)(H,122,123)(H,124,125)(H,126,127)(H,128,129)(H,147,148)(H4,91,92,93)/t40-,41+,42+,45-,46-,47-,48-,49-,50-,51-,52-,53-,54-,55-,56-,57-,58-,59-,66-,67-/m0/s1. The van der Waals surface area contributed by atoms with Crippen LogP contribution in [0.4, 0.5) is 0 Å². The van der Waals surface area contributed by atoms with Gasteiger partial charge in [0.1, 0.15) is 108 Å². The molecular formula is C86H140N26O36S. The lowest BCUT2D eigenvalue weighted by Gasteiger charge is -2.31. The van der Waals surface area contributed by atoms with Crippen molar-refractivity contribution in [1.82, 2.24) is 106 Å². The highest BCUT2D eigenvalue weighted by Crippen LogP contribution is 2.22. The van der Waals surface area contributed by atoms with E-state index in [0.717, 1.165) is 30.9 Å². The summed E-state index contributed by atoms with van der Waals surface area (Å²) in [5, 5.41) is 170. The molecule has 1 heterocycles. The maximum atomic E-state index is 14.7. The Morgan fingerprint density at radius 3 is 1.11 bits per heavy atom. The van der Waals surface area contributed by atoms with E-state index in [1.54, 1.807) is 0 Å². The molecule has 20 atom stereocenters. The zero-order valence-corrected chi connectivity index (χ0v) is 82.8. The van der Waals surface area contributed by atoms with Gasteiger partial charge in [-0.05, 0) is 154 Å². The third-order valence-electron chi connectivity index (χ3n) is 22.3. The molecule has 1 aromatic rings. The monoisotopic (exact) mass is 2140 g/mol. The summed E-state index contributed by atoms with van der Waals surface area (Å²) in [6.45, 7) is -3.92. The maximum Gasteiger partial charge on any atom is 0.327 e. The number of likely N-dealkylation sites (tertiary alicyclic amines) is 1. The van der Waals surface area contributed by atoms with Crippen molar-refractivity contribution in [3.8, 4) is 5.75 Å². The molecule has 1 fully saturated rings. The summed E-state index contributed by atoms with van der Waals surface area (Å²) in [4.78, 5) is 323. The SMILES string of the molecule is C[C@H](N)C(=O)N[C@@H](CCCCN)C(=O)N[C@@H](CCC(=O)O)C(=O)N[C@@H](CCCNC(=N)N)C(=O)N[C@@H](CCCCN)C(=O)N1CCC[C@H]1C(=O)N[C@@H](CO)C(=O)N[C@H](C(=O)N[C@H](C(=O)N[C@@H](CO)C(=O)N[C@@H](CO)C(=O)NCC(=O)N[C@@H](CCCCN)C(=O)N[C@@H](Cc1ccc(O)cc1)C(=O)N[C@@H](CCC(=O)O)C(=O)N[C@@H](CC(=O)O)C(=O)N[C@@H](CO)C(=O)N[C@@H](CC(=O)O)C(=O)NCC(=O)N[C@@H](CS)C(=O)O)[C@@H](C)O)[C@@H](C)O. The molecule has 1 aromatic carbocycles. The van der Waals surface area contributed by atoms with E-state index in [1.165, 1.54) is 19.1 Å². The number of unbranched alkanes of at least 4 members (excludes halogenated alkanes) is 3. The number of carbonyl (C=O) groups is 24. The lowest BCUT2D eigenvalue weighted by atomic mass is 10.0. The number of nitrogens with two attached hydrogens (primary N) is 5. The van der Waals surface area contributed by atoms with Gasteiger partial charge < -0.3 is 196 Å². The quantitative estimate of drug-likeness (QED) is 0.0125. The number of hydrogen-bond donors (Lipinski definition) is 38. The number of amides is 19. The molecular weight excluding hydrogens is 2010 g/mol. The number of aromatic hydroxyl groups is 1. The molecule has 0 unspecified atom stereocenters. The van der Waals surface area contributed by atoms with Crippen LogP contribution in [0.15, 0.2) is 24.3 Å². The van der Waals surface area contributed by atoms with Crippen LogP contribution in [-0.2, 0) is 121 Å². The number of aliphatic carboxylic acids is 5. The molecule has 1 aliphatic rings. The molecule has 149 heavy (non-hydrogen) atoms. The van der Waals surface area contributed by atoms with Crippen LogP contribution in [0.5, 0.6) is 5.75 Å². The number of nitrogens with one attached hydrogen (secondary N) is 20. The molecule has 836 valence electrons. The van der Waals surface area contributed by atoms with Gasteiger partial charge in [0.2, 0.25) is 112 Å². The number of hydrogen-bond acceptors (Lipinski definition) is 37. The van der Waals surface area contributed by atoms with E-state index in [1.807, 2.05) is 37.2 Å². The molecule has 1 aliphatic heterocycles. The van der Waals surface area contributed by atoms with Gasteiger partial charge in [-0.1, -0.05) is 12.1 Å². The van der Waals surface area contributed by atoms with E-state index in [0.29, 0.717) is 19.3 Å². The summed E-state index contributed by atoms with van der Waals surface area (Å²) < 4.78 is 0. The molecule has 2 rings (SSSR count). The van der Waals surface area contributed by atoms with E-state index in [4.69, 9.17) is 34.1 Å². The van der Waals surface area contributed by atoms with Gasteiger partial charge in [-0.3, -0.25) is 116 Å². The second-order valence-electron chi connectivity index (χ2n) is 34.4. The summed E-state index contributed by atoms with van der Waals surface area (Å²) in [6.07, 6.45) is -9.23. The molecule has 42 N–H and O–H groups in total. The van der Waals surface area contributed by atoms with Gasteiger partial charge in [-0.25, -0.2) is 4.79 Å². The van der Waals surface area contributed by atoms with Gasteiger partial charge in [-0.2, -0.15) is 12.6 Å². The highest BCUT2D eigenvalue weighted by molar-refractivity contribution is 7.80. The van der Waals surface area contributed by atoms with Crippen LogP contribution < -0.4 is 130 Å². The maximum absolute atomic E-state index is 14.7. The molecule has 0 spiro atoms. The Kier molecular flexibility index (Phi) is 60.4. The zero-order chi connectivity index (χ0) is 113. The van der Waals surface area contributed by atoms with Crippen LogP contribution in [0.25, 0.3) is 0 Å². The number of phenols is 1. The number of thiol groups is 1. The third kappa shape index (κ3) is 48.8. The first-order valence-electron chi connectivity index (χ1n) is 47.2. The summed E-state index contributed by atoms with van der Waals surface area (Å²) in [5.74, 6) is -32.9. The smallest absolute Gasteiger partial charge is 0.327 e. The van der Waals surface area contributed by atoms with Crippen LogP contribution >= 0.6 is 12.6 Å². The molecule has 62 nitrogen and oxygen atoms in total. The highest BCUT2D eigenvalue weighted by Gasteiger charge is 2.44. The fraction of sp³-hybridized carbons (Fsp3) is 0.640. The van der Waals surface area contributed by atoms with Crippen LogP contribution in [0.2, 0.25) is 0 Å². The van der Waals surface area contributed by atoms with Crippen molar-refractivity contribution in [3.63, 3.8) is 0 Å². The average molecular weight is 2150 g/mol. The largest absolute Gasteiger partial charge is 0.508 e. The third-order valence-corrected chi connectivity index (χ3v) is 22.6. The van der Waals surface area contributed by atoms with Crippen molar-refractivity contribution in [2.24, 2.45) is 28.7 Å². The van der Waals surface area contributed by atoms with Gasteiger partial charge in [-0.15, -0.1) is 0 Å². The van der Waals surface area contributed by atoms with Gasteiger partial charge in [0.25, 0.3) is 0 Å². The fourth-order valence-corrected chi connectivity index (χ4v) is 14.4. The van der Waals surface area contributed by atoms with Crippen LogP contribution in [0.1, 0.15) is 148 Å². The van der Waals surface area contributed by atoms with Gasteiger partial charge in [0.05, 0.1) is 70.6 Å². The van der Waals surface area contributed by atoms with Crippen molar-refractivity contribution in [1.29, 1.82) is 5.41 Å². The van der Waals surface area contributed by atoms with Crippen LogP contribution in [0.3, 0.4) is 0 Å². The first-order valence-corrected chi connectivity index (χ1v) is 47.8. The lowest BCUT2D eigenvalue weighted by Crippen LogP contribution is -2.64. The first-order chi connectivity index (χ1) is 70.2. The van der Waals surface area contributed by atoms with Crippen molar-refractivity contribution >= 4 is 161 Å². The van der Waals surface area contributed by atoms with Crippen LogP contribution in [-0.4, -0.2) is 413 Å². The molecule has 0 aliphatic carbocycles. The molecule has 63 heteroatoms. The number of rotatable bonds is 73. The second-order valence-corrected chi connectivity index (χ2v) is 34.7. The topological polar surface area (TPSA) is 1040 Å². The Hall–Kier alpha value is -14.5. The minimum Gasteiger partial charge on any atom is -0.508 e. The number of guanidine groups is 1. The summed E-state index contributed by atoms with van der Waals surface area (Å²) in [5.41, 5.74) is 28.5. The number of phenolic OH excluding ortho intramolecular Hbond substituents is 1. The number of carbonyl (C=O) groups excluding carboxylic acids is 19. The Bertz CT molecular complexity index is 4740. The number of aliphatic hydroxyl groups excluding tert-OH is 6. The number of nitrogens with zero attached hydrogens (tertiary/aromatic N) is 1. The molecule has 19 amide bonds. The van der Waals surface area contributed by atoms with E-state index >= 15 is 0 Å². The van der Waals surface area contributed by atoms with Crippen molar-refractivity contribution in [2.45, 2.75) is 270 Å². The van der Waals surface area contributed by atoms with E-state index < -0.39 is 359 Å². The molecule has 1 saturated heterocycles. The van der Waals surface area contributed by atoms with Gasteiger partial charge >= 0.3 is 29.8 Å². The fourth-order valence-electron chi connectivity index (χ4n) is 14.1. The number of aliphatic hydroxyl groups is 6. The molecule has 0 aromatic heterocycles. The average Bonchev–Trinajstić information content (AvgIpc) is 1.67. The molecule has 0 radical (unpaired) electrons. The Balaban J connectivity index is 2.39. The summed E-state index contributed by atoms with van der Waals surface area (Å²) in [7, 11) is 0. The van der Waals surface area contributed by atoms with E-state index in [9.17, 15) is 176 Å². The van der Waals surface area contributed by atoms with Crippen molar-refractivity contribution < 1.29 is 176 Å². The highest BCUT2D eigenvalue weighted by atomic mass is 32.1. The second kappa shape index (κ2) is 68.9.